The molecule has 3 heteroatoms. The Kier molecular flexibility index (Phi) is 3.91. The summed E-state index contributed by atoms with van der Waals surface area (Å²) in [6.07, 6.45) is 6.35. The monoisotopic (exact) mass is 248 g/mol. The van der Waals surface area contributed by atoms with Crippen molar-refractivity contribution in [2.24, 2.45) is 11.1 Å². The van der Waals surface area contributed by atoms with Gasteiger partial charge in [0.15, 0.2) is 0 Å². The third kappa shape index (κ3) is 3.98. The summed E-state index contributed by atoms with van der Waals surface area (Å²) in [4.78, 5) is 4.36. The van der Waals surface area contributed by atoms with E-state index >= 15 is 0 Å². The number of pyridine rings is 1. The van der Waals surface area contributed by atoms with Crippen molar-refractivity contribution in [3.05, 3.63) is 23.9 Å². The summed E-state index contributed by atoms with van der Waals surface area (Å²) in [5, 5.41) is 0. The highest BCUT2D eigenvalue weighted by Crippen LogP contribution is 2.24. The first kappa shape index (κ1) is 13.3. The first-order chi connectivity index (χ1) is 8.42. The van der Waals surface area contributed by atoms with Gasteiger partial charge in [0.2, 0.25) is 5.88 Å². The molecule has 1 saturated carbocycles. The van der Waals surface area contributed by atoms with Crippen molar-refractivity contribution in [1.82, 2.24) is 4.98 Å². The summed E-state index contributed by atoms with van der Waals surface area (Å²) in [5.74, 6) is 0.728. The molecule has 1 aliphatic rings. The fourth-order valence-electron chi connectivity index (χ4n) is 2.02. The number of rotatable bonds is 4. The van der Waals surface area contributed by atoms with Crippen LogP contribution < -0.4 is 10.5 Å². The van der Waals surface area contributed by atoms with Crippen LogP contribution in [0.5, 0.6) is 5.88 Å². The lowest BCUT2D eigenvalue weighted by Crippen LogP contribution is -2.43. The predicted octanol–water partition coefficient (Wildman–Crippen LogP) is 2.93. The third-order valence-electron chi connectivity index (χ3n) is 3.38. The van der Waals surface area contributed by atoms with Crippen molar-refractivity contribution in [3.8, 4) is 5.88 Å². The first-order valence-corrected chi connectivity index (χ1v) is 6.79. The van der Waals surface area contributed by atoms with E-state index in [0.29, 0.717) is 11.5 Å². The molecule has 0 spiro atoms. The van der Waals surface area contributed by atoms with Crippen molar-refractivity contribution >= 4 is 0 Å². The zero-order valence-electron chi connectivity index (χ0n) is 11.6. The minimum Gasteiger partial charge on any atom is -0.474 e. The van der Waals surface area contributed by atoms with Crippen molar-refractivity contribution in [2.45, 2.75) is 58.6 Å². The van der Waals surface area contributed by atoms with Gasteiger partial charge in [0, 0.05) is 18.3 Å². The molecular formula is C15H24N2O. The molecule has 0 atom stereocenters. The molecule has 0 amide bonds. The van der Waals surface area contributed by atoms with Gasteiger partial charge in [-0.25, -0.2) is 4.98 Å². The lowest BCUT2D eigenvalue weighted by Gasteiger charge is -2.32. The van der Waals surface area contributed by atoms with E-state index < -0.39 is 0 Å². The van der Waals surface area contributed by atoms with E-state index in [-0.39, 0.29) is 6.10 Å². The van der Waals surface area contributed by atoms with Crippen molar-refractivity contribution in [3.63, 3.8) is 0 Å². The normalized spacial score (nSPS) is 23.6. The Morgan fingerprint density at radius 3 is 2.56 bits per heavy atom. The van der Waals surface area contributed by atoms with Crippen LogP contribution in [0.2, 0.25) is 0 Å². The van der Waals surface area contributed by atoms with Gasteiger partial charge in [-0.15, -0.1) is 0 Å². The van der Waals surface area contributed by atoms with Gasteiger partial charge in [-0.05, 0) is 36.7 Å². The van der Waals surface area contributed by atoms with E-state index in [1.54, 1.807) is 0 Å². The van der Waals surface area contributed by atoms with Crippen LogP contribution in [-0.2, 0) is 6.42 Å². The summed E-state index contributed by atoms with van der Waals surface area (Å²) < 4.78 is 5.73. The quantitative estimate of drug-likeness (QED) is 0.891. The Labute approximate surface area is 110 Å². The molecule has 0 aromatic carbocycles. The molecule has 100 valence electrons. The number of ether oxygens (including phenoxy) is 1. The lowest BCUT2D eigenvalue weighted by atomic mass is 9.89. The van der Waals surface area contributed by atoms with Crippen LogP contribution in [0.1, 0.15) is 45.6 Å². The Balaban J connectivity index is 1.82. The molecule has 0 bridgehead atoms. The van der Waals surface area contributed by atoms with Crippen molar-refractivity contribution in [2.75, 3.05) is 0 Å². The maximum Gasteiger partial charge on any atom is 0.213 e. The molecular weight excluding hydrogens is 224 g/mol. The zero-order valence-corrected chi connectivity index (χ0v) is 11.6. The number of nitrogens with zero attached hydrogens (tertiary/aromatic N) is 1. The molecule has 1 fully saturated rings. The molecule has 1 heterocycles. The SMILES string of the molecule is CC(C)(C)CCc1ccc(O[C@H]2C[C@H](N)C2)nc1. The van der Waals surface area contributed by atoms with Crippen LogP contribution in [0, 0.1) is 5.41 Å². The number of nitrogens with two attached hydrogens (primary N) is 1. The van der Waals surface area contributed by atoms with Crippen LogP contribution in [0.3, 0.4) is 0 Å². The average molecular weight is 248 g/mol. The minimum atomic E-state index is 0.271. The zero-order chi connectivity index (χ0) is 13.2. The van der Waals surface area contributed by atoms with Gasteiger partial charge in [-0.2, -0.15) is 0 Å². The summed E-state index contributed by atoms with van der Waals surface area (Å²) in [6, 6.07) is 4.41. The van der Waals surface area contributed by atoms with Crippen LogP contribution in [0.4, 0.5) is 0 Å². The number of aromatic nitrogens is 1. The third-order valence-corrected chi connectivity index (χ3v) is 3.38. The van der Waals surface area contributed by atoms with E-state index in [0.717, 1.165) is 25.1 Å². The number of aryl methyl sites for hydroxylation is 1. The van der Waals surface area contributed by atoms with E-state index in [4.69, 9.17) is 10.5 Å². The minimum absolute atomic E-state index is 0.271. The largest absolute Gasteiger partial charge is 0.474 e. The van der Waals surface area contributed by atoms with Gasteiger partial charge >= 0.3 is 0 Å². The van der Waals surface area contributed by atoms with Crippen LogP contribution in [-0.4, -0.2) is 17.1 Å². The van der Waals surface area contributed by atoms with E-state index in [2.05, 4.69) is 31.8 Å². The van der Waals surface area contributed by atoms with Gasteiger partial charge in [-0.3, -0.25) is 0 Å². The van der Waals surface area contributed by atoms with Crippen LogP contribution >= 0.6 is 0 Å². The van der Waals surface area contributed by atoms with E-state index in [9.17, 15) is 0 Å². The fourth-order valence-corrected chi connectivity index (χ4v) is 2.02. The van der Waals surface area contributed by atoms with Crippen molar-refractivity contribution in [1.29, 1.82) is 0 Å². The fraction of sp³-hybridized carbons (Fsp3) is 0.667. The molecule has 18 heavy (non-hydrogen) atoms. The van der Waals surface area contributed by atoms with Crippen LogP contribution in [0.25, 0.3) is 0 Å². The van der Waals surface area contributed by atoms with Gasteiger partial charge in [-0.1, -0.05) is 26.8 Å². The van der Waals surface area contributed by atoms with Crippen molar-refractivity contribution < 1.29 is 4.74 Å². The van der Waals surface area contributed by atoms with Crippen LogP contribution in [0.15, 0.2) is 18.3 Å². The predicted molar refractivity (Wildman–Crippen MR) is 73.6 cm³/mol. The molecule has 0 radical (unpaired) electrons. The maximum atomic E-state index is 5.73. The Bertz CT molecular complexity index is 374. The van der Waals surface area contributed by atoms with E-state index in [1.165, 1.54) is 12.0 Å². The Morgan fingerprint density at radius 1 is 1.33 bits per heavy atom. The molecule has 1 aromatic rings. The van der Waals surface area contributed by atoms with Gasteiger partial charge in [0.1, 0.15) is 6.10 Å². The topological polar surface area (TPSA) is 48.1 Å². The highest BCUT2D eigenvalue weighted by Gasteiger charge is 2.27. The molecule has 2 rings (SSSR count). The molecule has 0 unspecified atom stereocenters. The molecule has 0 aliphatic heterocycles. The number of hydrogen-bond acceptors (Lipinski definition) is 3. The first-order valence-electron chi connectivity index (χ1n) is 6.79. The summed E-state index contributed by atoms with van der Waals surface area (Å²) in [5.41, 5.74) is 7.38. The van der Waals surface area contributed by atoms with Gasteiger partial charge in [0.25, 0.3) is 0 Å². The Hall–Kier alpha value is -1.09. The number of hydrogen-bond donors (Lipinski definition) is 1. The maximum absolute atomic E-state index is 5.73. The van der Waals surface area contributed by atoms with Gasteiger partial charge in [0.05, 0.1) is 0 Å². The smallest absolute Gasteiger partial charge is 0.213 e. The average Bonchev–Trinajstić information content (AvgIpc) is 2.25. The molecule has 0 saturated heterocycles. The molecule has 3 nitrogen and oxygen atoms in total. The summed E-state index contributed by atoms with van der Waals surface area (Å²) in [6.45, 7) is 6.78. The van der Waals surface area contributed by atoms with Gasteiger partial charge < -0.3 is 10.5 Å². The second kappa shape index (κ2) is 5.27. The highest BCUT2D eigenvalue weighted by molar-refractivity contribution is 5.18. The summed E-state index contributed by atoms with van der Waals surface area (Å²) >= 11 is 0. The van der Waals surface area contributed by atoms with E-state index in [1.807, 2.05) is 12.3 Å². The second-order valence-electron chi connectivity index (χ2n) is 6.54. The highest BCUT2D eigenvalue weighted by atomic mass is 16.5. The molecule has 1 aliphatic carbocycles. The second-order valence-corrected chi connectivity index (χ2v) is 6.54. The summed E-state index contributed by atoms with van der Waals surface area (Å²) in [7, 11) is 0. The lowest BCUT2D eigenvalue weighted by molar-refractivity contribution is 0.0958. The Morgan fingerprint density at radius 2 is 2.06 bits per heavy atom. The molecule has 1 aromatic heterocycles. The standard InChI is InChI=1S/C15H24N2O/c1-15(2,3)7-6-11-4-5-14(17-10-11)18-13-8-12(16)9-13/h4-5,10,12-13H,6-9,16H2,1-3H3/t12-,13-. The molecule has 2 N–H and O–H groups in total.